The number of carbonyl (C=O) groups excluding carboxylic acids is 2. The second kappa shape index (κ2) is 8.42. The molecule has 1 rings (SSSR count). The van der Waals surface area contributed by atoms with Crippen molar-refractivity contribution in [2.75, 3.05) is 17.8 Å². The van der Waals surface area contributed by atoms with Crippen molar-refractivity contribution in [1.82, 2.24) is 4.98 Å². The van der Waals surface area contributed by atoms with E-state index in [1.807, 2.05) is 0 Å². The number of ether oxygens (including phenoxy) is 1. The molecule has 0 aromatic carbocycles. The maximum atomic E-state index is 11.5. The molecule has 0 saturated heterocycles. The van der Waals surface area contributed by atoms with E-state index in [9.17, 15) is 9.59 Å². The fraction of sp³-hybridized carbons (Fsp3) is 0.308. The van der Waals surface area contributed by atoms with Crippen LogP contribution in [0.4, 0.5) is 5.82 Å². The first-order valence-corrected chi connectivity index (χ1v) is 6.85. The van der Waals surface area contributed by atoms with Crippen LogP contribution in [0.2, 0.25) is 0 Å². The number of rotatable bonds is 6. The predicted molar refractivity (Wildman–Crippen MR) is 76.9 cm³/mol. The van der Waals surface area contributed by atoms with Crippen LogP contribution >= 0.6 is 15.9 Å². The van der Waals surface area contributed by atoms with Gasteiger partial charge in [0.25, 0.3) is 0 Å². The van der Waals surface area contributed by atoms with Gasteiger partial charge in [-0.15, -0.1) is 0 Å². The topological polar surface area (TPSA) is 68.3 Å². The van der Waals surface area contributed by atoms with Crippen LogP contribution in [0.25, 0.3) is 6.08 Å². The molecule has 1 heterocycles. The summed E-state index contributed by atoms with van der Waals surface area (Å²) in [6.07, 6.45) is 5.71. The fourth-order valence-corrected chi connectivity index (χ4v) is 1.52. The lowest BCUT2D eigenvalue weighted by atomic mass is 10.2. The second-order valence-electron chi connectivity index (χ2n) is 3.67. The van der Waals surface area contributed by atoms with Gasteiger partial charge < -0.3 is 10.1 Å². The number of methoxy groups -OCH3 is 1. The summed E-state index contributed by atoms with van der Waals surface area (Å²) in [5, 5.41) is 3.49. The summed E-state index contributed by atoms with van der Waals surface area (Å²) in [5.74, 6) is 0.00625. The standard InChI is InChI=1S/C13H15BrN2O3/c1-19-13(18)7-5-10-4-6-11(15-9-10)16-12(17)3-2-8-14/h4-7,9H,2-3,8H2,1H3,(H,15,16,17)/b7-5+. The summed E-state index contributed by atoms with van der Waals surface area (Å²) in [4.78, 5) is 26.5. The maximum Gasteiger partial charge on any atom is 0.330 e. The predicted octanol–water partition coefficient (Wildman–Crippen LogP) is 2.38. The van der Waals surface area contributed by atoms with Gasteiger partial charge in [-0.3, -0.25) is 4.79 Å². The molecule has 0 radical (unpaired) electrons. The maximum absolute atomic E-state index is 11.5. The quantitative estimate of drug-likeness (QED) is 0.495. The molecule has 0 unspecified atom stereocenters. The molecular weight excluding hydrogens is 312 g/mol. The third-order valence-corrected chi connectivity index (χ3v) is 2.77. The summed E-state index contributed by atoms with van der Waals surface area (Å²) in [7, 11) is 1.32. The van der Waals surface area contributed by atoms with Crippen molar-refractivity contribution in [3.8, 4) is 0 Å². The van der Waals surface area contributed by atoms with Crippen LogP contribution in [-0.4, -0.2) is 29.3 Å². The number of aromatic nitrogens is 1. The van der Waals surface area contributed by atoms with E-state index in [2.05, 4.69) is 31.0 Å². The van der Waals surface area contributed by atoms with E-state index in [1.165, 1.54) is 13.2 Å². The molecule has 0 fully saturated rings. The Hall–Kier alpha value is -1.69. The number of nitrogens with zero attached hydrogens (tertiary/aromatic N) is 1. The SMILES string of the molecule is COC(=O)/C=C/c1ccc(NC(=O)CCCBr)nc1. The molecule has 1 N–H and O–H groups in total. The summed E-state index contributed by atoms with van der Waals surface area (Å²) in [5.41, 5.74) is 0.754. The third-order valence-electron chi connectivity index (χ3n) is 2.20. The number of pyridine rings is 1. The van der Waals surface area contributed by atoms with E-state index in [1.54, 1.807) is 24.4 Å². The molecule has 0 spiro atoms. The highest BCUT2D eigenvalue weighted by Gasteiger charge is 2.02. The van der Waals surface area contributed by atoms with Gasteiger partial charge in [0.15, 0.2) is 0 Å². The molecule has 19 heavy (non-hydrogen) atoms. The Labute approximate surface area is 120 Å². The lowest BCUT2D eigenvalue weighted by molar-refractivity contribution is -0.134. The zero-order valence-electron chi connectivity index (χ0n) is 10.6. The zero-order chi connectivity index (χ0) is 14.1. The van der Waals surface area contributed by atoms with Crippen LogP contribution < -0.4 is 5.32 Å². The Morgan fingerprint density at radius 3 is 2.84 bits per heavy atom. The number of alkyl halides is 1. The molecule has 1 aromatic rings. The van der Waals surface area contributed by atoms with Crippen molar-refractivity contribution in [3.05, 3.63) is 30.0 Å². The first-order chi connectivity index (χ1) is 9.15. The highest BCUT2D eigenvalue weighted by atomic mass is 79.9. The zero-order valence-corrected chi connectivity index (χ0v) is 12.1. The normalized spacial score (nSPS) is 10.4. The minimum Gasteiger partial charge on any atom is -0.466 e. The highest BCUT2D eigenvalue weighted by Crippen LogP contribution is 2.07. The molecule has 6 heteroatoms. The Balaban J connectivity index is 2.54. The minimum absolute atomic E-state index is 0.0650. The van der Waals surface area contributed by atoms with Crippen LogP contribution in [0.1, 0.15) is 18.4 Å². The highest BCUT2D eigenvalue weighted by molar-refractivity contribution is 9.09. The summed E-state index contributed by atoms with van der Waals surface area (Å²) in [6, 6.07) is 3.44. The molecule has 0 bridgehead atoms. The molecule has 102 valence electrons. The second-order valence-corrected chi connectivity index (χ2v) is 4.47. The summed E-state index contributed by atoms with van der Waals surface area (Å²) in [6.45, 7) is 0. The Kier molecular flexibility index (Phi) is 6.81. The number of hydrogen-bond acceptors (Lipinski definition) is 4. The van der Waals surface area contributed by atoms with E-state index in [0.717, 1.165) is 17.3 Å². The Bertz CT molecular complexity index is 457. The van der Waals surface area contributed by atoms with E-state index in [4.69, 9.17) is 0 Å². The number of esters is 1. The van der Waals surface area contributed by atoms with Crippen molar-refractivity contribution >= 4 is 39.7 Å². The van der Waals surface area contributed by atoms with E-state index in [0.29, 0.717) is 12.2 Å². The molecule has 0 aliphatic rings. The monoisotopic (exact) mass is 326 g/mol. The Morgan fingerprint density at radius 2 is 2.26 bits per heavy atom. The van der Waals surface area contributed by atoms with Gasteiger partial charge in [-0.1, -0.05) is 15.9 Å². The van der Waals surface area contributed by atoms with E-state index in [-0.39, 0.29) is 5.91 Å². The Morgan fingerprint density at radius 1 is 1.47 bits per heavy atom. The number of halogens is 1. The minimum atomic E-state index is -0.424. The van der Waals surface area contributed by atoms with Crippen LogP contribution in [0.3, 0.4) is 0 Å². The van der Waals surface area contributed by atoms with Crippen molar-refractivity contribution in [1.29, 1.82) is 0 Å². The van der Waals surface area contributed by atoms with Crippen molar-refractivity contribution < 1.29 is 14.3 Å². The molecule has 0 aliphatic carbocycles. The first kappa shape index (κ1) is 15.4. The van der Waals surface area contributed by atoms with Crippen LogP contribution in [0.15, 0.2) is 24.4 Å². The van der Waals surface area contributed by atoms with Gasteiger partial charge in [0.1, 0.15) is 5.82 Å². The summed E-state index contributed by atoms with van der Waals surface area (Å²) < 4.78 is 4.48. The smallest absolute Gasteiger partial charge is 0.330 e. The van der Waals surface area contributed by atoms with Gasteiger partial charge in [-0.25, -0.2) is 9.78 Å². The van der Waals surface area contributed by atoms with Gasteiger partial charge >= 0.3 is 5.97 Å². The van der Waals surface area contributed by atoms with Crippen LogP contribution in [-0.2, 0) is 14.3 Å². The lowest BCUT2D eigenvalue weighted by Gasteiger charge is -2.03. The molecule has 5 nitrogen and oxygen atoms in total. The average Bonchev–Trinajstić information content (AvgIpc) is 2.44. The largest absolute Gasteiger partial charge is 0.466 e. The van der Waals surface area contributed by atoms with E-state index >= 15 is 0 Å². The van der Waals surface area contributed by atoms with Crippen molar-refractivity contribution in [2.45, 2.75) is 12.8 Å². The lowest BCUT2D eigenvalue weighted by Crippen LogP contribution is -2.12. The number of carbonyl (C=O) groups is 2. The molecule has 0 atom stereocenters. The van der Waals surface area contributed by atoms with Crippen molar-refractivity contribution in [2.24, 2.45) is 0 Å². The number of nitrogens with one attached hydrogen (secondary N) is 1. The number of hydrogen-bond donors (Lipinski definition) is 1. The number of amides is 1. The molecular formula is C13H15BrN2O3. The van der Waals surface area contributed by atoms with Crippen LogP contribution in [0.5, 0.6) is 0 Å². The van der Waals surface area contributed by atoms with Gasteiger partial charge in [0.2, 0.25) is 5.91 Å². The molecule has 1 aromatic heterocycles. The number of anilines is 1. The third kappa shape index (κ3) is 6.15. The van der Waals surface area contributed by atoms with Crippen LogP contribution in [0, 0.1) is 0 Å². The molecule has 1 amide bonds. The fourth-order valence-electron chi connectivity index (χ4n) is 1.24. The van der Waals surface area contributed by atoms with Crippen molar-refractivity contribution in [3.63, 3.8) is 0 Å². The van der Waals surface area contributed by atoms with Gasteiger partial charge in [-0.05, 0) is 30.2 Å². The van der Waals surface area contributed by atoms with E-state index < -0.39 is 5.97 Å². The average molecular weight is 327 g/mol. The van der Waals surface area contributed by atoms with Gasteiger partial charge in [-0.2, -0.15) is 0 Å². The first-order valence-electron chi connectivity index (χ1n) is 5.73. The van der Waals surface area contributed by atoms with Gasteiger partial charge in [0.05, 0.1) is 7.11 Å². The molecule has 0 aliphatic heterocycles. The van der Waals surface area contributed by atoms with Gasteiger partial charge in [0, 0.05) is 24.0 Å². The molecule has 0 saturated carbocycles. The summed E-state index contributed by atoms with van der Waals surface area (Å²) >= 11 is 3.27.